The van der Waals surface area contributed by atoms with E-state index in [0.29, 0.717) is 5.41 Å². The van der Waals surface area contributed by atoms with Crippen molar-refractivity contribution < 1.29 is 4.74 Å². The van der Waals surface area contributed by atoms with Crippen LogP contribution < -0.4 is 5.32 Å². The lowest BCUT2D eigenvalue weighted by Crippen LogP contribution is -2.38. The average molecular weight is 384 g/mol. The second kappa shape index (κ2) is 8.71. The van der Waals surface area contributed by atoms with Crippen LogP contribution in [0, 0.1) is 5.41 Å². The van der Waals surface area contributed by atoms with Gasteiger partial charge in [0.15, 0.2) is 0 Å². The van der Waals surface area contributed by atoms with Crippen molar-refractivity contribution in [1.82, 2.24) is 10.2 Å². The SMILES string of the molecule is COCCN(Cc1sccc1Br)CC1(C)CCNC1.Cl. The molecule has 6 heteroatoms. The Morgan fingerprint density at radius 2 is 2.35 bits per heavy atom. The first kappa shape index (κ1) is 18.4. The molecule has 0 aromatic carbocycles. The minimum absolute atomic E-state index is 0. The summed E-state index contributed by atoms with van der Waals surface area (Å²) in [6.45, 7) is 8.60. The second-order valence-corrected chi connectivity index (χ2v) is 7.49. The highest BCUT2D eigenvalue weighted by Gasteiger charge is 2.30. The lowest BCUT2D eigenvalue weighted by molar-refractivity contribution is 0.114. The van der Waals surface area contributed by atoms with E-state index in [1.807, 2.05) is 11.3 Å². The number of nitrogens with zero attached hydrogens (tertiary/aromatic N) is 1. The maximum absolute atomic E-state index is 5.25. The molecular weight excluding hydrogens is 360 g/mol. The summed E-state index contributed by atoms with van der Waals surface area (Å²) in [6, 6.07) is 2.13. The fourth-order valence-corrected chi connectivity index (χ4v) is 4.14. The van der Waals surface area contributed by atoms with Crippen molar-refractivity contribution in [2.75, 3.05) is 39.9 Å². The van der Waals surface area contributed by atoms with Crippen molar-refractivity contribution in [3.63, 3.8) is 0 Å². The van der Waals surface area contributed by atoms with E-state index in [1.54, 1.807) is 7.11 Å². The first-order valence-corrected chi connectivity index (χ1v) is 8.44. The van der Waals surface area contributed by atoms with Crippen molar-refractivity contribution >= 4 is 39.7 Å². The molecule has 20 heavy (non-hydrogen) atoms. The average Bonchev–Trinajstić information content (AvgIpc) is 2.97. The van der Waals surface area contributed by atoms with Crippen LogP contribution in [0.3, 0.4) is 0 Å². The molecule has 1 N–H and O–H groups in total. The maximum atomic E-state index is 5.25. The van der Waals surface area contributed by atoms with Gasteiger partial charge in [0.05, 0.1) is 6.61 Å². The van der Waals surface area contributed by atoms with Gasteiger partial charge in [-0.15, -0.1) is 23.7 Å². The molecule has 1 unspecified atom stereocenters. The molecule has 0 saturated carbocycles. The first-order valence-electron chi connectivity index (χ1n) is 6.77. The quantitative estimate of drug-likeness (QED) is 0.781. The van der Waals surface area contributed by atoms with Gasteiger partial charge in [0, 0.05) is 42.6 Å². The number of thiophene rings is 1. The Morgan fingerprint density at radius 3 is 2.90 bits per heavy atom. The summed E-state index contributed by atoms with van der Waals surface area (Å²) in [4.78, 5) is 3.93. The van der Waals surface area contributed by atoms with Gasteiger partial charge in [-0.25, -0.2) is 0 Å². The molecule has 0 spiro atoms. The zero-order valence-electron chi connectivity index (χ0n) is 12.2. The highest BCUT2D eigenvalue weighted by molar-refractivity contribution is 9.10. The van der Waals surface area contributed by atoms with Gasteiger partial charge >= 0.3 is 0 Å². The lowest BCUT2D eigenvalue weighted by atomic mass is 9.89. The number of halogens is 2. The Bertz CT molecular complexity index is 396. The van der Waals surface area contributed by atoms with Crippen molar-refractivity contribution in [3.8, 4) is 0 Å². The number of rotatable bonds is 7. The number of ether oxygens (including phenoxy) is 1. The van der Waals surface area contributed by atoms with Crippen LogP contribution in [0.15, 0.2) is 15.9 Å². The van der Waals surface area contributed by atoms with Gasteiger partial charge in [-0.1, -0.05) is 6.92 Å². The Hall–Kier alpha value is 0.350. The molecule has 1 saturated heterocycles. The Balaban J connectivity index is 0.00000200. The molecule has 0 bridgehead atoms. The topological polar surface area (TPSA) is 24.5 Å². The highest BCUT2D eigenvalue weighted by Crippen LogP contribution is 2.29. The molecule has 0 radical (unpaired) electrons. The zero-order valence-corrected chi connectivity index (χ0v) is 15.4. The maximum Gasteiger partial charge on any atom is 0.0589 e. The van der Waals surface area contributed by atoms with E-state index in [4.69, 9.17) is 4.74 Å². The summed E-state index contributed by atoms with van der Waals surface area (Å²) >= 11 is 5.45. The van der Waals surface area contributed by atoms with Crippen LogP contribution in [-0.2, 0) is 11.3 Å². The van der Waals surface area contributed by atoms with Crippen LogP contribution in [0.4, 0.5) is 0 Å². The van der Waals surface area contributed by atoms with Gasteiger partial charge < -0.3 is 10.1 Å². The predicted molar refractivity (Wildman–Crippen MR) is 92.0 cm³/mol. The first-order chi connectivity index (χ1) is 9.13. The summed E-state index contributed by atoms with van der Waals surface area (Å²) in [7, 11) is 1.78. The number of nitrogens with one attached hydrogen (secondary N) is 1. The van der Waals surface area contributed by atoms with E-state index < -0.39 is 0 Å². The monoisotopic (exact) mass is 382 g/mol. The van der Waals surface area contributed by atoms with Crippen LogP contribution in [0.25, 0.3) is 0 Å². The molecule has 116 valence electrons. The van der Waals surface area contributed by atoms with E-state index in [2.05, 4.69) is 44.5 Å². The smallest absolute Gasteiger partial charge is 0.0589 e. The van der Waals surface area contributed by atoms with E-state index in [0.717, 1.165) is 39.3 Å². The third-order valence-electron chi connectivity index (χ3n) is 3.73. The predicted octanol–water partition coefficient (Wildman–Crippen LogP) is 3.38. The molecule has 2 rings (SSSR count). The van der Waals surface area contributed by atoms with Crippen LogP contribution in [0.2, 0.25) is 0 Å². The molecule has 3 nitrogen and oxygen atoms in total. The third kappa shape index (κ3) is 5.28. The molecule has 1 atom stereocenters. The fourth-order valence-electron chi connectivity index (χ4n) is 2.62. The molecule has 1 aromatic heterocycles. The van der Waals surface area contributed by atoms with Gasteiger partial charge in [0.1, 0.15) is 0 Å². The van der Waals surface area contributed by atoms with Crippen molar-refractivity contribution in [3.05, 3.63) is 20.8 Å². The van der Waals surface area contributed by atoms with E-state index in [9.17, 15) is 0 Å². The molecular formula is C14H24BrClN2OS. The number of hydrogen-bond acceptors (Lipinski definition) is 4. The molecule has 2 heterocycles. The minimum Gasteiger partial charge on any atom is -0.383 e. The van der Waals surface area contributed by atoms with Gasteiger partial charge in [0.2, 0.25) is 0 Å². The van der Waals surface area contributed by atoms with E-state index >= 15 is 0 Å². The fraction of sp³-hybridized carbons (Fsp3) is 0.714. The van der Waals surface area contributed by atoms with E-state index in [1.165, 1.54) is 15.8 Å². The molecule has 0 amide bonds. The van der Waals surface area contributed by atoms with Gasteiger partial charge in [-0.3, -0.25) is 4.90 Å². The van der Waals surface area contributed by atoms with Crippen molar-refractivity contribution in [1.29, 1.82) is 0 Å². The molecule has 1 aliphatic heterocycles. The van der Waals surface area contributed by atoms with Gasteiger partial charge in [0.25, 0.3) is 0 Å². The third-order valence-corrected chi connectivity index (χ3v) is 5.64. The second-order valence-electron chi connectivity index (χ2n) is 5.63. The van der Waals surface area contributed by atoms with Crippen molar-refractivity contribution in [2.45, 2.75) is 19.9 Å². The van der Waals surface area contributed by atoms with Crippen LogP contribution in [0.5, 0.6) is 0 Å². The minimum atomic E-state index is 0. The van der Waals surface area contributed by atoms with Crippen LogP contribution in [-0.4, -0.2) is 44.8 Å². The van der Waals surface area contributed by atoms with Crippen LogP contribution >= 0.6 is 39.7 Å². The molecule has 1 fully saturated rings. The van der Waals surface area contributed by atoms with Gasteiger partial charge in [-0.05, 0) is 45.8 Å². The summed E-state index contributed by atoms with van der Waals surface area (Å²) in [6.07, 6.45) is 1.27. The summed E-state index contributed by atoms with van der Waals surface area (Å²) in [5.74, 6) is 0. The summed E-state index contributed by atoms with van der Waals surface area (Å²) in [5, 5.41) is 5.63. The van der Waals surface area contributed by atoms with Crippen LogP contribution in [0.1, 0.15) is 18.2 Å². The zero-order chi connectivity index (χ0) is 13.7. The number of hydrogen-bond donors (Lipinski definition) is 1. The van der Waals surface area contributed by atoms with E-state index in [-0.39, 0.29) is 12.4 Å². The lowest BCUT2D eigenvalue weighted by Gasteiger charge is -2.31. The standard InChI is InChI=1S/C14H23BrN2OS.ClH/c1-14(4-5-16-10-14)11-17(6-7-18-2)9-13-12(15)3-8-19-13;/h3,8,16H,4-7,9-11H2,1-2H3;1H. The summed E-state index contributed by atoms with van der Waals surface area (Å²) < 4.78 is 6.48. The highest BCUT2D eigenvalue weighted by atomic mass is 79.9. The van der Waals surface area contributed by atoms with Crippen molar-refractivity contribution in [2.24, 2.45) is 5.41 Å². The normalized spacial score (nSPS) is 22.2. The number of methoxy groups -OCH3 is 1. The molecule has 1 aliphatic rings. The Morgan fingerprint density at radius 1 is 1.55 bits per heavy atom. The molecule has 1 aromatic rings. The summed E-state index contributed by atoms with van der Waals surface area (Å²) in [5.41, 5.74) is 0.400. The van der Waals surface area contributed by atoms with Gasteiger partial charge in [-0.2, -0.15) is 0 Å². The Labute approximate surface area is 140 Å². The largest absolute Gasteiger partial charge is 0.383 e. The molecule has 0 aliphatic carbocycles. The Kier molecular flexibility index (Phi) is 8.01.